The summed E-state index contributed by atoms with van der Waals surface area (Å²) in [5, 5.41) is 0. The van der Waals surface area contributed by atoms with Gasteiger partial charge < -0.3 is 10.5 Å². The average Bonchev–Trinajstić information content (AvgIpc) is 2.48. The third-order valence-corrected chi connectivity index (χ3v) is 5.11. The predicted octanol–water partition coefficient (Wildman–Crippen LogP) is 3.66. The van der Waals surface area contributed by atoms with Crippen molar-refractivity contribution in [1.29, 1.82) is 0 Å². The maximum absolute atomic E-state index is 6.26. The van der Waals surface area contributed by atoms with Gasteiger partial charge in [0.05, 0.1) is 17.5 Å². The SMILES string of the molecule is CCC1(CC)CC(N=C(N)C2CCCCC2)CCO1. The fraction of sp³-hybridized carbons (Fsp3) is 0.938. The van der Waals surface area contributed by atoms with Crippen molar-refractivity contribution in [3.63, 3.8) is 0 Å². The van der Waals surface area contributed by atoms with E-state index in [1.54, 1.807) is 0 Å². The molecule has 0 aromatic heterocycles. The van der Waals surface area contributed by atoms with Crippen molar-refractivity contribution in [3.05, 3.63) is 0 Å². The first kappa shape index (κ1) is 14.8. The molecule has 2 N–H and O–H groups in total. The van der Waals surface area contributed by atoms with Crippen LogP contribution < -0.4 is 5.73 Å². The van der Waals surface area contributed by atoms with Crippen LogP contribution in [0.3, 0.4) is 0 Å². The van der Waals surface area contributed by atoms with E-state index < -0.39 is 0 Å². The molecule has 0 aromatic rings. The second kappa shape index (κ2) is 6.74. The molecule has 0 amide bonds. The molecule has 1 aliphatic carbocycles. The fourth-order valence-electron chi connectivity index (χ4n) is 3.57. The number of aliphatic imine (C=N–C) groups is 1. The molecule has 1 atom stereocenters. The molecule has 2 fully saturated rings. The number of hydrogen-bond donors (Lipinski definition) is 1. The topological polar surface area (TPSA) is 47.6 Å². The van der Waals surface area contributed by atoms with Crippen LogP contribution in [0, 0.1) is 5.92 Å². The van der Waals surface area contributed by atoms with Crippen molar-refractivity contribution < 1.29 is 4.74 Å². The quantitative estimate of drug-likeness (QED) is 0.623. The van der Waals surface area contributed by atoms with Crippen molar-refractivity contribution in [1.82, 2.24) is 0 Å². The van der Waals surface area contributed by atoms with E-state index in [4.69, 9.17) is 15.5 Å². The van der Waals surface area contributed by atoms with Crippen molar-refractivity contribution in [2.45, 2.75) is 83.3 Å². The van der Waals surface area contributed by atoms with E-state index in [9.17, 15) is 0 Å². The Balaban J connectivity index is 1.96. The van der Waals surface area contributed by atoms with Gasteiger partial charge in [-0.05, 0) is 38.5 Å². The molecule has 0 bridgehead atoms. The molecule has 1 saturated heterocycles. The lowest BCUT2D eigenvalue weighted by Crippen LogP contribution is -2.41. The Hall–Kier alpha value is -0.570. The van der Waals surface area contributed by atoms with Gasteiger partial charge in [0.15, 0.2) is 0 Å². The molecule has 19 heavy (non-hydrogen) atoms. The molecule has 3 nitrogen and oxygen atoms in total. The Bertz CT molecular complexity index is 304. The number of ether oxygens (including phenoxy) is 1. The molecule has 110 valence electrons. The van der Waals surface area contributed by atoms with Gasteiger partial charge in [-0.2, -0.15) is 0 Å². The highest BCUT2D eigenvalue weighted by Crippen LogP contribution is 2.33. The van der Waals surface area contributed by atoms with Gasteiger partial charge in [0.25, 0.3) is 0 Å². The van der Waals surface area contributed by atoms with E-state index in [1.807, 2.05) is 0 Å². The summed E-state index contributed by atoms with van der Waals surface area (Å²) in [7, 11) is 0. The van der Waals surface area contributed by atoms with Crippen molar-refractivity contribution >= 4 is 5.84 Å². The molecule has 2 aliphatic rings. The van der Waals surface area contributed by atoms with E-state index in [1.165, 1.54) is 32.1 Å². The van der Waals surface area contributed by atoms with Crippen LogP contribution in [-0.2, 0) is 4.74 Å². The van der Waals surface area contributed by atoms with Crippen molar-refractivity contribution in [2.24, 2.45) is 16.6 Å². The minimum atomic E-state index is 0.0548. The molecule has 0 aromatic carbocycles. The van der Waals surface area contributed by atoms with Gasteiger partial charge >= 0.3 is 0 Å². The van der Waals surface area contributed by atoms with Crippen LogP contribution in [0.1, 0.15) is 71.6 Å². The predicted molar refractivity (Wildman–Crippen MR) is 80.5 cm³/mol. The second-order valence-electron chi connectivity index (χ2n) is 6.27. The lowest BCUT2D eigenvalue weighted by molar-refractivity contribution is -0.0884. The van der Waals surface area contributed by atoms with Crippen LogP contribution in [0.15, 0.2) is 4.99 Å². The zero-order valence-electron chi connectivity index (χ0n) is 12.7. The van der Waals surface area contributed by atoms with Crippen LogP contribution >= 0.6 is 0 Å². The standard InChI is InChI=1S/C16H30N2O/c1-3-16(4-2)12-14(10-11-19-16)18-15(17)13-8-6-5-7-9-13/h13-14H,3-12H2,1-2H3,(H2,17,18). The van der Waals surface area contributed by atoms with Gasteiger partial charge in [-0.1, -0.05) is 33.1 Å². The summed E-state index contributed by atoms with van der Waals surface area (Å²) in [6.07, 6.45) is 10.7. The molecule has 2 rings (SSSR count). The summed E-state index contributed by atoms with van der Waals surface area (Å²) in [6, 6.07) is 0.385. The third-order valence-electron chi connectivity index (χ3n) is 5.11. The van der Waals surface area contributed by atoms with Crippen molar-refractivity contribution in [3.8, 4) is 0 Å². The van der Waals surface area contributed by atoms with Crippen LogP contribution in [0.4, 0.5) is 0 Å². The molecular weight excluding hydrogens is 236 g/mol. The van der Waals surface area contributed by atoms with Gasteiger partial charge in [-0.3, -0.25) is 4.99 Å². The van der Waals surface area contributed by atoms with Gasteiger partial charge in [0.1, 0.15) is 0 Å². The first-order chi connectivity index (χ1) is 9.19. The number of hydrogen-bond acceptors (Lipinski definition) is 2. The summed E-state index contributed by atoms with van der Waals surface area (Å²) in [6.45, 7) is 5.29. The zero-order valence-corrected chi connectivity index (χ0v) is 12.7. The van der Waals surface area contributed by atoms with E-state index in [0.29, 0.717) is 12.0 Å². The molecule has 0 spiro atoms. The van der Waals surface area contributed by atoms with Crippen molar-refractivity contribution in [2.75, 3.05) is 6.61 Å². The van der Waals surface area contributed by atoms with E-state index >= 15 is 0 Å². The van der Waals surface area contributed by atoms with Crippen LogP contribution in [0.2, 0.25) is 0 Å². The number of nitrogens with two attached hydrogens (primary N) is 1. The lowest BCUT2D eigenvalue weighted by atomic mass is 9.85. The Morgan fingerprint density at radius 2 is 1.84 bits per heavy atom. The van der Waals surface area contributed by atoms with E-state index in [0.717, 1.165) is 38.1 Å². The summed E-state index contributed by atoms with van der Waals surface area (Å²) in [4.78, 5) is 4.87. The smallest absolute Gasteiger partial charge is 0.0971 e. The molecule has 1 unspecified atom stereocenters. The highest BCUT2D eigenvalue weighted by atomic mass is 16.5. The van der Waals surface area contributed by atoms with Crippen LogP contribution in [0.25, 0.3) is 0 Å². The van der Waals surface area contributed by atoms with Gasteiger partial charge in [-0.15, -0.1) is 0 Å². The third kappa shape index (κ3) is 3.71. The van der Waals surface area contributed by atoms with Crippen LogP contribution in [-0.4, -0.2) is 24.1 Å². The Kier molecular flexibility index (Phi) is 5.26. The van der Waals surface area contributed by atoms with E-state index in [-0.39, 0.29) is 5.60 Å². The largest absolute Gasteiger partial charge is 0.387 e. The molecule has 1 aliphatic heterocycles. The Morgan fingerprint density at radius 1 is 1.16 bits per heavy atom. The van der Waals surface area contributed by atoms with Gasteiger partial charge in [0.2, 0.25) is 0 Å². The fourth-order valence-corrected chi connectivity index (χ4v) is 3.57. The highest BCUT2D eigenvalue weighted by Gasteiger charge is 2.34. The summed E-state index contributed by atoms with van der Waals surface area (Å²) in [5.74, 6) is 1.47. The molecule has 0 radical (unpaired) electrons. The maximum Gasteiger partial charge on any atom is 0.0971 e. The lowest BCUT2D eigenvalue weighted by Gasteiger charge is -2.39. The van der Waals surface area contributed by atoms with E-state index in [2.05, 4.69) is 13.8 Å². The molecular formula is C16H30N2O. The molecule has 1 saturated carbocycles. The summed E-state index contributed by atoms with van der Waals surface area (Å²) < 4.78 is 6.01. The maximum atomic E-state index is 6.26. The number of nitrogens with zero attached hydrogens (tertiary/aromatic N) is 1. The second-order valence-corrected chi connectivity index (χ2v) is 6.27. The molecule has 1 heterocycles. The minimum absolute atomic E-state index is 0.0548. The van der Waals surface area contributed by atoms with Gasteiger partial charge in [-0.25, -0.2) is 0 Å². The summed E-state index contributed by atoms with van der Waals surface area (Å²) in [5.41, 5.74) is 6.31. The van der Waals surface area contributed by atoms with Crippen LogP contribution in [0.5, 0.6) is 0 Å². The first-order valence-corrected chi connectivity index (χ1v) is 8.16. The Morgan fingerprint density at radius 3 is 2.47 bits per heavy atom. The summed E-state index contributed by atoms with van der Waals surface area (Å²) >= 11 is 0. The minimum Gasteiger partial charge on any atom is -0.387 e. The normalized spacial score (nSPS) is 29.4. The average molecular weight is 266 g/mol. The zero-order chi connectivity index (χ0) is 13.7. The highest BCUT2D eigenvalue weighted by molar-refractivity contribution is 5.83. The first-order valence-electron chi connectivity index (χ1n) is 8.16. The number of amidine groups is 1. The van der Waals surface area contributed by atoms with Gasteiger partial charge in [0, 0.05) is 12.5 Å². The molecule has 3 heteroatoms. The number of rotatable bonds is 4. The monoisotopic (exact) mass is 266 g/mol. The Labute approximate surface area is 118 Å².